The van der Waals surface area contributed by atoms with Gasteiger partial charge in [-0.25, -0.2) is 4.39 Å². The van der Waals surface area contributed by atoms with Gasteiger partial charge >= 0.3 is 0 Å². The summed E-state index contributed by atoms with van der Waals surface area (Å²) in [7, 11) is 1.78. The molecule has 1 N–H and O–H groups in total. The molecule has 3 rings (SSSR count). The van der Waals surface area contributed by atoms with Gasteiger partial charge in [0, 0.05) is 19.7 Å². The summed E-state index contributed by atoms with van der Waals surface area (Å²) >= 11 is 0. The Morgan fingerprint density at radius 3 is 2.88 bits per heavy atom. The number of aromatic nitrogens is 2. The third kappa shape index (κ3) is 3.35. The van der Waals surface area contributed by atoms with Gasteiger partial charge in [0.25, 0.3) is 0 Å². The van der Waals surface area contributed by atoms with E-state index < -0.39 is 17.8 Å². The van der Waals surface area contributed by atoms with Crippen molar-refractivity contribution in [3.05, 3.63) is 53.6 Å². The monoisotopic (exact) mass is 331 g/mol. The average Bonchev–Trinajstić information content (AvgIpc) is 3.06. The summed E-state index contributed by atoms with van der Waals surface area (Å²) in [5.74, 6) is -1.54. The number of amides is 2. The number of hydrogen-bond donors (Lipinski definition) is 1. The standard InChI is InChI=1S/C17H18FN3O3/c1-20-9-11(8-19-20)5-13-7-16(23)21(17(13)24)10-15(22)12-3-2-4-14(18)6-12/h2-4,6,8-9,13,15,22H,5,7,10H2,1H3/t13-,15+/m1/s1. The molecule has 0 radical (unpaired) electrons. The van der Waals surface area contributed by atoms with E-state index in [1.54, 1.807) is 24.0 Å². The zero-order valence-electron chi connectivity index (χ0n) is 13.2. The minimum Gasteiger partial charge on any atom is -0.387 e. The van der Waals surface area contributed by atoms with Crippen LogP contribution in [0.3, 0.4) is 0 Å². The molecule has 0 aliphatic carbocycles. The van der Waals surface area contributed by atoms with E-state index in [-0.39, 0.29) is 24.8 Å². The van der Waals surface area contributed by atoms with Crippen molar-refractivity contribution in [2.75, 3.05) is 6.54 Å². The highest BCUT2D eigenvalue weighted by Crippen LogP contribution is 2.26. The highest BCUT2D eigenvalue weighted by Gasteiger charge is 2.39. The molecule has 0 saturated carbocycles. The molecular weight excluding hydrogens is 313 g/mol. The zero-order valence-corrected chi connectivity index (χ0v) is 13.2. The molecule has 24 heavy (non-hydrogen) atoms. The van der Waals surface area contributed by atoms with Crippen molar-refractivity contribution < 1.29 is 19.1 Å². The number of nitrogens with zero attached hydrogens (tertiary/aromatic N) is 3. The van der Waals surface area contributed by atoms with Crippen molar-refractivity contribution in [3.8, 4) is 0 Å². The van der Waals surface area contributed by atoms with E-state index >= 15 is 0 Å². The van der Waals surface area contributed by atoms with Crippen LogP contribution in [0.2, 0.25) is 0 Å². The first kappa shape index (κ1) is 16.3. The van der Waals surface area contributed by atoms with Gasteiger partial charge in [-0.1, -0.05) is 12.1 Å². The van der Waals surface area contributed by atoms with E-state index in [1.165, 1.54) is 18.2 Å². The van der Waals surface area contributed by atoms with Gasteiger partial charge < -0.3 is 5.11 Å². The molecule has 0 unspecified atom stereocenters. The fraction of sp³-hybridized carbons (Fsp3) is 0.353. The number of β-amino-alcohol motifs (C(OH)–C–C–N with tert-alkyl or cyclic N) is 1. The van der Waals surface area contributed by atoms with Crippen LogP contribution in [0.15, 0.2) is 36.7 Å². The van der Waals surface area contributed by atoms with Crippen LogP contribution in [-0.2, 0) is 23.1 Å². The first-order valence-electron chi connectivity index (χ1n) is 7.69. The van der Waals surface area contributed by atoms with Gasteiger partial charge in [0.15, 0.2) is 0 Å². The molecule has 1 fully saturated rings. The van der Waals surface area contributed by atoms with E-state index in [2.05, 4.69) is 5.10 Å². The maximum absolute atomic E-state index is 13.2. The van der Waals surface area contributed by atoms with E-state index in [1.807, 2.05) is 6.20 Å². The molecule has 126 valence electrons. The number of imide groups is 1. The molecule has 2 atom stereocenters. The summed E-state index contributed by atoms with van der Waals surface area (Å²) in [6, 6.07) is 5.51. The predicted octanol–water partition coefficient (Wildman–Crippen LogP) is 1.21. The zero-order chi connectivity index (χ0) is 17.3. The molecule has 2 aromatic rings. The molecular formula is C17H18FN3O3. The molecule has 1 aliphatic heterocycles. The number of carbonyl (C=O) groups is 2. The van der Waals surface area contributed by atoms with Crippen LogP contribution in [0.4, 0.5) is 4.39 Å². The number of hydrogen-bond acceptors (Lipinski definition) is 4. The topological polar surface area (TPSA) is 75.4 Å². The molecule has 2 amide bonds. The van der Waals surface area contributed by atoms with Gasteiger partial charge in [0.1, 0.15) is 5.82 Å². The van der Waals surface area contributed by atoms with Crippen molar-refractivity contribution >= 4 is 11.8 Å². The molecule has 1 saturated heterocycles. The largest absolute Gasteiger partial charge is 0.387 e. The van der Waals surface area contributed by atoms with E-state index in [9.17, 15) is 19.1 Å². The number of aliphatic hydroxyl groups is 1. The smallest absolute Gasteiger partial charge is 0.233 e. The van der Waals surface area contributed by atoms with E-state index in [4.69, 9.17) is 0 Å². The molecule has 0 bridgehead atoms. The second-order valence-corrected chi connectivity index (χ2v) is 6.04. The minimum atomic E-state index is -1.11. The van der Waals surface area contributed by atoms with Gasteiger partial charge in [-0.15, -0.1) is 0 Å². The number of aryl methyl sites for hydroxylation is 1. The van der Waals surface area contributed by atoms with Crippen LogP contribution in [-0.4, -0.2) is 38.1 Å². The van der Waals surface area contributed by atoms with Crippen molar-refractivity contribution in [1.29, 1.82) is 0 Å². The summed E-state index contributed by atoms with van der Waals surface area (Å²) in [6.07, 6.45) is 2.92. The lowest BCUT2D eigenvalue weighted by Gasteiger charge is -2.19. The quantitative estimate of drug-likeness (QED) is 0.836. The van der Waals surface area contributed by atoms with E-state index in [0.717, 1.165) is 10.5 Å². The van der Waals surface area contributed by atoms with Gasteiger partial charge in [0.05, 0.1) is 24.8 Å². The highest BCUT2D eigenvalue weighted by atomic mass is 19.1. The lowest BCUT2D eigenvalue weighted by Crippen LogP contribution is -2.34. The third-order valence-corrected chi connectivity index (χ3v) is 4.17. The number of likely N-dealkylation sites (tertiary alicyclic amines) is 1. The summed E-state index contributed by atoms with van der Waals surface area (Å²) in [4.78, 5) is 25.6. The Morgan fingerprint density at radius 2 is 2.21 bits per heavy atom. The lowest BCUT2D eigenvalue weighted by atomic mass is 10.0. The van der Waals surface area contributed by atoms with Crippen molar-refractivity contribution in [1.82, 2.24) is 14.7 Å². The van der Waals surface area contributed by atoms with Crippen LogP contribution in [0.1, 0.15) is 23.7 Å². The SMILES string of the molecule is Cn1cc(C[C@@H]2CC(=O)N(C[C@H](O)c3cccc(F)c3)C2=O)cn1. The Hall–Kier alpha value is -2.54. The third-order valence-electron chi connectivity index (χ3n) is 4.17. The van der Waals surface area contributed by atoms with Crippen molar-refractivity contribution in [3.63, 3.8) is 0 Å². The van der Waals surface area contributed by atoms with Crippen LogP contribution in [0.25, 0.3) is 0 Å². The summed E-state index contributed by atoms with van der Waals surface area (Å²) in [5, 5.41) is 14.2. The lowest BCUT2D eigenvalue weighted by molar-refractivity contribution is -0.141. The Labute approximate surface area is 138 Å². The predicted molar refractivity (Wildman–Crippen MR) is 83.1 cm³/mol. The van der Waals surface area contributed by atoms with Crippen LogP contribution in [0.5, 0.6) is 0 Å². The molecule has 0 spiro atoms. The molecule has 2 heterocycles. The summed E-state index contributed by atoms with van der Waals surface area (Å²) in [6.45, 7) is -0.162. The summed E-state index contributed by atoms with van der Waals surface area (Å²) in [5.41, 5.74) is 1.22. The Morgan fingerprint density at radius 1 is 1.42 bits per heavy atom. The molecule has 1 aromatic heterocycles. The van der Waals surface area contributed by atoms with Crippen molar-refractivity contribution in [2.24, 2.45) is 13.0 Å². The summed E-state index contributed by atoms with van der Waals surface area (Å²) < 4.78 is 14.9. The van der Waals surface area contributed by atoms with Crippen LogP contribution >= 0.6 is 0 Å². The number of aliphatic hydroxyl groups excluding tert-OH is 1. The van der Waals surface area contributed by atoms with Crippen LogP contribution < -0.4 is 0 Å². The fourth-order valence-corrected chi connectivity index (χ4v) is 2.96. The number of halogens is 1. The maximum atomic E-state index is 13.2. The van der Waals surface area contributed by atoms with Gasteiger partial charge in [-0.3, -0.25) is 19.2 Å². The molecule has 1 aliphatic rings. The molecule has 6 nitrogen and oxygen atoms in total. The van der Waals surface area contributed by atoms with Gasteiger partial charge in [-0.2, -0.15) is 5.10 Å². The van der Waals surface area contributed by atoms with Gasteiger partial charge in [0.2, 0.25) is 11.8 Å². The van der Waals surface area contributed by atoms with Crippen molar-refractivity contribution in [2.45, 2.75) is 18.9 Å². The fourth-order valence-electron chi connectivity index (χ4n) is 2.96. The Balaban J connectivity index is 1.67. The first-order chi connectivity index (χ1) is 11.4. The normalized spacial score (nSPS) is 19.1. The first-order valence-corrected chi connectivity index (χ1v) is 7.69. The molecule has 7 heteroatoms. The Bertz CT molecular complexity index is 774. The van der Waals surface area contributed by atoms with Gasteiger partial charge in [-0.05, 0) is 29.7 Å². The highest BCUT2D eigenvalue weighted by molar-refractivity contribution is 6.03. The average molecular weight is 331 g/mol. The number of rotatable bonds is 5. The second-order valence-electron chi connectivity index (χ2n) is 6.04. The Kier molecular flexibility index (Phi) is 4.44. The maximum Gasteiger partial charge on any atom is 0.233 e. The number of benzene rings is 1. The second kappa shape index (κ2) is 6.52. The van der Waals surface area contributed by atoms with Crippen LogP contribution in [0, 0.1) is 11.7 Å². The number of carbonyl (C=O) groups excluding carboxylic acids is 2. The minimum absolute atomic E-state index is 0.115. The van der Waals surface area contributed by atoms with E-state index in [0.29, 0.717) is 12.0 Å². The molecule has 1 aromatic carbocycles.